The second-order valence-corrected chi connectivity index (χ2v) is 6.94. The third-order valence-electron chi connectivity index (χ3n) is 4.91. The first-order valence-electron chi connectivity index (χ1n) is 9.19. The van der Waals surface area contributed by atoms with Crippen LogP contribution in [0.4, 0.5) is 5.69 Å². The zero-order valence-corrected chi connectivity index (χ0v) is 14.8. The third-order valence-corrected chi connectivity index (χ3v) is 4.91. The minimum atomic E-state index is 0.373. The van der Waals surface area contributed by atoms with Crippen LogP contribution in [0, 0.1) is 0 Å². The number of piperazine rings is 1. The Balaban J connectivity index is 1.46. The fourth-order valence-electron chi connectivity index (χ4n) is 3.41. The van der Waals surface area contributed by atoms with E-state index in [4.69, 9.17) is 9.47 Å². The van der Waals surface area contributed by atoms with Gasteiger partial charge in [0.05, 0.1) is 13.2 Å². The normalized spacial score (nSPS) is 20.4. The zero-order valence-electron chi connectivity index (χ0n) is 14.8. The maximum Gasteiger partial charge on any atom is 0.163 e. The first-order valence-corrected chi connectivity index (χ1v) is 9.19. The minimum Gasteiger partial charge on any atom is -0.493 e. The van der Waals surface area contributed by atoms with Gasteiger partial charge >= 0.3 is 0 Å². The fraction of sp³-hybridized carbons (Fsp3) is 0.429. The molecule has 1 saturated carbocycles. The lowest BCUT2D eigenvalue weighted by Crippen LogP contribution is -2.51. The maximum absolute atomic E-state index is 6.03. The van der Waals surface area contributed by atoms with E-state index >= 15 is 0 Å². The largest absolute Gasteiger partial charge is 0.493 e. The summed E-state index contributed by atoms with van der Waals surface area (Å²) in [5, 5.41) is 3.65. The van der Waals surface area contributed by atoms with E-state index in [-0.39, 0.29) is 0 Å². The summed E-state index contributed by atoms with van der Waals surface area (Å²) in [6.45, 7) is 3.02. The number of rotatable bonds is 6. The zero-order chi connectivity index (χ0) is 17.1. The van der Waals surface area contributed by atoms with Gasteiger partial charge in [0.1, 0.15) is 0 Å². The van der Waals surface area contributed by atoms with Crippen molar-refractivity contribution in [1.29, 1.82) is 0 Å². The molecule has 1 unspecified atom stereocenters. The summed E-state index contributed by atoms with van der Waals surface area (Å²) in [6.07, 6.45) is 3.73. The van der Waals surface area contributed by atoms with Crippen molar-refractivity contribution >= 4 is 5.69 Å². The molecule has 2 aromatic carbocycles. The molecule has 4 rings (SSSR count). The number of anilines is 1. The molecule has 0 radical (unpaired) electrons. The minimum absolute atomic E-state index is 0.373. The number of ether oxygens (including phenoxy) is 2. The lowest BCUT2D eigenvalue weighted by molar-refractivity contribution is 0.282. The van der Waals surface area contributed by atoms with E-state index in [1.807, 2.05) is 6.07 Å². The van der Waals surface area contributed by atoms with Gasteiger partial charge in [0.15, 0.2) is 11.5 Å². The van der Waals surface area contributed by atoms with Gasteiger partial charge in [-0.2, -0.15) is 0 Å². The van der Waals surface area contributed by atoms with Crippen molar-refractivity contribution in [3.8, 4) is 11.5 Å². The van der Waals surface area contributed by atoms with Gasteiger partial charge in [0.25, 0.3) is 0 Å². The Morgan fingerprint density at radius 1 is 1.08 bits per heavy atom. The molecule has 132 valence electrons. The van der Waals surface area contributed by atoms with Gasteiger partial charge in [0, 0.05) is 37.4 Å². The lowest BCUT2D eigenvalue weighted by Gasteiger charge is -2.35. The van der Waals surface area contributed by atoms with Crippen molar-refractivity contribution in [2.75, 3.05) is 31.6 Å². The van der Waals surface area contributed by atoms with Crippen LogP contribution in [0.5, 0.6) is 11.5 Å². The molecule has 2 aliphatic rings. The Kier molecular flexibility index (Phi) is 4.79. The van der Waals surface area contributed by atoms with Crippen LogP contribution in [-0.2, 0) is 6.42 Å². The Labute approximate surface area is 149 Å². The second kappa shape index (κ2) is 7.36. The number of hydrogen-bond acceptors (Lipinski definition) is 4. The molecule has 4 nitrogen and oxygen atoms in total. The van der Waals surface area contributed by atoms with E-state index in [0.717, 1.165) is 50.4 Å². The first-order chi connectivity index (χ1) is 12.3. The first kappa shape index (κ1) is 16.3. The van der Waals surface area contributed by atoms with E-state index in [1.165, 1.54) is 11.3 Å². The topological polar surface area (TPSA) is 33.7 Å². The smallest absolute Gasteiger partial charge is 0.163 e. The summed E-state index contributed by atoms with van der Waals surface area (Å²) in [5.74, 6) is 1.70. The molecule has 1 atom stereocenters. The van der Waals surface area contributed by atoms with Crippen molar-refractivity contribution in [1.82, 2.24) is 5.32 Å². The molecule has 0 spiro atoms. The van der Waals surface area contributed by atoms with Crippen LogP contribution in [-0.4, -0.2) is 38.9 Å². The number of nitrogens with zero attached hydrogens (tertiary/aromatic N) is 1. The van der Waals surface area contributed by atoms with Gasteiger partial charge in [-0.15, -0.1) is 0 Å². The lowest BCUT2D eigenvalue weighted by atomic mass is 10.0. The third kappa shape index (κ3) is 4.07. The average molecular weight is 338 g/mol. The highest BCUT2D eigenvalue weighted by Gasteiger charge is 2.26. The summed E-state index contributed by atoms with van der Waals surface area (Å²) in [7, 11) is 1.70. The van der Waals surface area contributed by atoms with Crippen LogP contribution in [0.1, 0.15) is 18.4 Å². The Hall–Kier alpha value is -2.20. The van der Waals surface area contributed by atoms with Gasteiger partial charge in [-0.3, -0.25) is 0 Å². The Morgan fingerprint density at radius 3 is 2.68 bits per heavy atom. The summed E-state index contributed by atoms with van der Waals surface area (Å²) in [6, 6.07) is 17.5. The molecule has 0 aromatic heterocycles. The van der Waals surface area contributed by atoms with Gasteiger partial charge in [-0.05, 0) is 37.0 Å². The molecule has 1 N–H and O–H groups in total. The van der Waals surface area contributed by atoms with Gasteiger partial charge in [-0.1, -0.05) is 30.3 Å². The molecule has 4 heteroatoms. The molecular weight excluding hydrogens is 312 g/mol. The quantitative estimate of drug-likeness (QED) is 0.877. The summed E-state index contributed by atoms with van der Waals surface area (Å²) in [4.78, 5) is 2.45. The monoisotopic (exact) mass is 338 g/mol. The van der Waals surface area contributed by atoms with Crippen LogP contribution >= 0.6 is 0 Å². The summed E-state index contributed by atoms with van der Waals surface area (Å²) >= 11 is 0. The van der Waals surface area contributed by atoms with Gasteiger partial charge in [-0.25, -0.2) is 0 Å². The van der Waals surface area contributed by atoms with Crippen molar-refractivity contribution in [2.45, 2.75) is 31.4 Å². The molecule has 1 aliphatic heterocycles. The van der Waals surface area contributed by atoms with Crippen LogP contribution in [0.2, 0.25) is 0 Å². The number of nitrogens with one attached hydrogen (secondary N) is 1. The Morgan fingerprint density at radius 2 is 1.92 bits per heavy atom. The number of benzene rings is 2. The molecule has 1 heterocycles. The molecule has 0 amide bonds. The molecule has 2 fully saturated rings. The van der Waals surface area contributed by atoms with Crippen molar-refractivity contribution in [3.63, 3.8) is 0 Å². The number of hydrogen-bond donors (Lipinski definition) is 1. The molecule has 2 aromatic rings. The van der Waals surface area contributed by atoms with Crippen molar-refractivity contribution in [2.24, 2.45) is 0 Å². The van der Waals surface area contributed by atoms with Crippen molar-refractivity contribution < 1.29 is 9.47 Å². The maximum atomic E-state index is 6.03. The molecule has 0 bridgehead atoms. The van der Waals surface area contributed by atoms with Gasteiger partial charge < -0.3 is 19.7 Å². The highest BCUT2D eigenvalue weighted by Crippen LogP contribution is 2.36. The predicted octanol–water partition coefficient (Wildman–Crippen LogP) is 3.26. The van der Waals surface area contributed by atoms with Crippen LogP contribution < -0.4 is 19.7 Å². The standard InChI is InChI=1S/C21H26N2O2/c1-24-20-10-7-18(14-21(20)25-19-8-9-19)23-12-11-22-17(15-23)13-16-5-3-2-4-6-16/h2-7,10,14,17,19,22H,8-9,11-13,15H2,1H3. The summed E-state index contributed by atoms with van der Waals surface area (Å²) in [5.41, 5.74) is 2.60. The fourth-order valence-corrected chi connectivity index (χ4v) is 3.41. The van der Waals surface area contributed by atoms with Gasteiger partial charge in [0.2, 0.25) is 0 Å². The van der Waals surface area contributed by atoms with Crippen LogP contribution in [0.25, 0.3) is 0 Å². The number of methoxy groups -OCH3 is 1. The van der Waals surface area contributed by atoms with E-state index in [9.17, 15) is 0 Å². The van der Waals surface area contributed by atoms with E-state index in [0.29, 0.717) is 12.1 Å². The van der Waals surface area contributed by atoms with Crippen molar-refractivity contribution in [3.05, 3.63) is 54.1 Å². The van der Waals surface area contributed by atoms with Crippen LogP contribution in [0.15, 0.2) is 48.5 Å². The second-order valence-electron chi connectivity index (χ2n) is 6.94. The summed E-state index contributed by atoms with van der Waals surface area (Å²) < 4.78 is 11.5. The van der Waals surface area contributed by atoms with E-state index < -0.39 is 0 Å². The molecule has 1 saturated heterocycles. The van der Waals surface area contributed by atoms with Crippen LogP contribution in [0.3, 0.4) is 0 Å². The average Bonchev–Trinajstić information content (AvgIpc) is 3.47. The van der Waals surface area contributed by atoms with E-state index in [1.54, 1.807) is 7.11 Å². The molecular formula is C21H26N2O2. The SMILES string of the molecule is COc1ccc(N2CCNC(Cc3ccccc3)C2)cc1OC1CC1. The molecule has 25 heavy (non-hydrogen) atoms. The predicted molar refractivity (Wildman–Crippen MR) is 101 cm³/mol. The Bertz CT molecular complexity index is 700. The highest BCUT2D eigenvalue weighted by molar-refractivity contribution is 5.57. The molecule has 1 aliphatic carbocycles. The highest BCUT2D eigenvalue weighted by atomic mass is 16.5. The van der Waals surface area contributed by atoms with E-state index in [2.05, 4.69) is 52.7 Å².